The Bertz CT molecular complexity index is 829. The Hall–Kier alpha value is -3.04. The van der Waals surface area contributed by atoms with Gasteiger partial charge < -0.3 is 20.1 Å². The fraction of sp³-hybridized carbons (Fsp3) is 0.294. The van der Waals surface area contributed by atoms with Crippen molar-refractivity contribution in [3.63, 3.8) is 0 Å². The van der Waals surface area contributed by atoms with Crippen molar-refractivity contribution >= 4 is 6.03 Å². The van der Waals surface area contributed by atoms with Crippen LogP contribution in [0.15, 0.2) is 36.5 Å². The number of nitrogens with zero attached hydrogens (tertiary/aromatic N) is 1. The number of amides is 2. The molecule has 27 heavy (non-hydrogen) atoms. The highest BCUT2D eigenvalue weighted by Crippen LogP contribution is 2.32. The van der Waals surface area contributed by atoms with E-state index in [1.807, 2.05) is 0 Å². The van der Waals surface area contributed by atoms with Crippen LogP contribution in [0.1, 0.15) is 17.2 Å². The number of carbonyl (C=O) groups is 1. The van der Waals surface area contributed by atoms with Crippen molar-refractivity contribution in [2.45, 2.75) is 18.8 Å². The molecule has 1 atom stereocenters. The molecule has 0 aliphatic carbocycles. The largest absolute Gasteiger partial charge is 0.491 e. The van der Waals surface area contributed by atoms with Gasteiger partial charge in [0.15, 0.2) is 6.61 Å². The van der Waals surface area contributed by atoms with Crippen LogP contribution in [0.3, 0.4) is 0 Å². The monoisotopic (exact) mass is 385 g/mol. The van der Waals surface area contributed by atoms with Crippen LogP contribution in [0.2, 0.25) is 0 Å². The van der Waals surface area contributed by atoms with E-state index in [0.717, 1.165) is 0 Å². The average Bonchev–Trinajstić information content (AvgIpc) is 3.00. The minimum absolute atomic E-state index is 0.0420. The molecular formula is C17H15F4N3O3. The van der Waals surface area contributed by atoms with E-state index in [4.69, 9.17) is 4.74 Å². The van der Waals surface area contributed by atoms with E-state index in [9.17, 15) is 22.4 Å². The molecule has 3 rings (SSSR count). The Balaban J connectivity index is 1.52. The number of ether oxygens (including phenoxy) is 2. The van der Waals surface area contributed by atoms with Crippen LogP contribution in [0.4, 0.5) is 22.4 Å². The Morgan fingerprint density at radius 1 is 1.30 bits per heavy atom. The van der Waals surface area contributed by atoms with Crippen LogP contribution in [-0.4, -0.2) is 30.4 Å². The molecule has 0 saturated heterocycles. The van der Waals surface area contributed by atoms with Crippen LogP contribution in [0, 0.1) is 5.82 Å². The molecule has 2 amide bonds. The van der Waals surface area contributed by atoms with E-state index in [2.05, 4.69) is 20.4 Å². The van der Waals surface area contributed by atoms with Gasteiger partial charge >= 0.3 is 12.2 Å². The van der Waals surface area contributed by atoms with Gasteiger partial charge in [-0.05, 0) is 29.8 Å². The van der Waals surface area contributed by atoms with Gasteiger partial charge in [0.2, 0.25) is 5.88 Å². The molecule has 0 saturated carbocycles. The highest BCUT2D eigenvalue weighted by atomic mass is 19.4. The maximum Gasteiger partial charge on any atom is 0.422 e. The molecule has 2 N–H and O–H groups in total. The molecule has 0 unspecified atom stereocenters. The number of aromatic nitrogens is 1. The predicted molar refractivity (Wildman–Crippen MR) is 85.8 cm³/mol. The van der Waals surface area contributed by atoms with E-state index in [1.165, 1.54) is 36.5 Å². The molecule has 0 radical (unpaired) electrons. The number of hydrogen-bond acceptors (Lipinski definition) is 4. The minimum Gasteiger partial charge on any atom is -0.491 e. The number of benzene rings is 1. The minimum atomic E-state index is -4.46. The summed E-state index contributed by atoms with van der Waals surface area (Å²) in [6.07, 6.45) is -3.18. The van der Waals surface area contributed by atoms with Gasteiger partial charge in [0.05, 0.1) is 6.04 Å². The highest BCUT2D eigenvalue weighted by molar-refractivity contribution is 5.74. The number of rotatable bonds is 5. The number of urea groups is 1. The number of carbonyl (C=O) groups excluding carboxylic acids is 1. The first-order valence-corrected chi connectivity index (χ1v) is 7.91. The van der Waals surface area contributed by atoms with Crippen LogP contribution in [0.5, 0.6) is 11.6 Å². The smallest absolute Gasteiger partial charge is 0.422 e. The molecule has 1 aliphatic heterocycles. The van der Waals surface area contributed by atoms with Crippen molar-refractivity contribution in [1.82, 2.24) is 15.6 Å². The third-order valence-corrected chi connectivity index (χ3v) is 3.69. The first-order valence-electron chi connectivity index (χ1n) is 7.91. The standard InChI is InChI=1S/C17H15F4N3O3/c18-11-1-2-14-12(6-11)13(8-26-14)24-16(25)23-7-10-3-4-22-15(5-10)27-9-17(19,20)21/h1-6,13H,7-9H2,(H2,23,24,25)/t13-/m1/s1. The van der Waals surface area contributed by atoms with Gasteiger partial charge in [0.25, 0.3) is 0 Å². The van der Waals surface area contributed by atoms with Crippen LogP contribution in [-0.2, 0) is 6.54 Å². The van der Waals surface area contributed by atoms with E-state index in [-0.39, 0.29) is 19.0 Å². The van der Waals surface area contributed by atoms with Gasteiger partial charge in [-0.2, -0.15) is 13.2 Å². The predicted octanol–water partition coefficient (Wildman–Crippen LogP) is 3.09. The summed E-state index contributed by atoms with van der Waals surface area (Å²) in [7, 11) is 0. The molecule has 144 valence electrons. The van der Waals surface area contributed by atoms with Gasteiger partial charge in [-0.15, -0.1) is 0 Å². The number of hydrogen-bond donors (Lipinski definition) is 2. The highest BCUT2D eigenvalue weighted by Gasteiger charge is 2.29. The van der Waals surface area contributed by atoms with Crippen molar-refractivity contribution in [1.29, 1.82) is 0 Å². The summed E-state index contributed by atoms with van der Waals surface area (Å²) in [5.41, 5.74) is 1.04. The summed E-state index contributed by atoms with van der Waals surface area (Å²) in [4.78, 5) is 15.7. The van der Waals surface area contributed by atoms with E-state index in [0.29, 0.717) is 16.9 Å². The van der Waals surface area contributed by atoms with Crippen molar-refractivity contribution in [2.75, 3.05) is 13.2 Å². The number of nitrogens with one attached hydrogen (secondary N) is 2. The normalized spacial score (nSPS) is 15.6. The molecule has 2 aromatic rings. The zero-order valence-corrected chi connectivity index (χ0v) is 13.8. The first kappa shape index (κ1) is 18.7. The number of alkyl halides is 3. The second-order valence-corrected chi connectivity index (χ2v) is 5.78. The molecule has 2 heterocycles. The SMILES string of the molecule is O=C(NCc1ccnc(OCC(F)(F)F)c1)N[C@@H]1COc2ccc(F)cc21. The second kappa shape index (κ2) is 7.68. The van der Waals surface area contributed by atoms with Gasteiger partial charge in [-0.1, -0.05) is 0 Å². The quantitative estimate of drug-likeness (QED) is 0.776. The van der Waals surface area contributed by atoms with Gasteiger partial charge in [0.1, 0.15) is 18.2 Å². The Kier molecular flexibility index (Phi) is 5.33. The van der Waals surface area contributed by atoms with E-state index < -0.39 is 30.7 Å². The topological polar surface area (TPSA) is 72.5 Å². The number of pyridine rings is 1. The molecule has 1 aromatic carbocycles. The third-order valence-electron chi connectivity index (χ3n) is 3.69. The summed E-state index contributed by atoms with van der Waals surface area (Å²) >= 11 is 0. The molecule has 0 spiro atoms. The van der Waals surface area contributed by atoms with Crippen LogP contribution < -0.4 is 20.1 Å². The van der Waals surface area contributed by atoms with Crippen molar-refractivity contribution in [3.8, 4) is 11.6 Å². The maximum absolute atomic E-state index is 13.3. The van der Waals surface area contributed by atoms with E-state index >= 15 is 0 Å². The lowest BCUT2D eigenvalue weighted by atomic mass is 10.1. The van der Waals surface area contributed by atoms with Crippen LogP contribution >= 0.6 is 0 Å². The summed E-state index contributed by atoms with van der Waals surface area (Å²) in [6, 6.07) is 5.85. The molecule has 1 aromatic heterocycles. The lowest BCUT2D eigenvalue weighted by Gasteiger charge is -2.13. The number of halogens is 4. The summed E-state index contributed by atoms with van der Waals surface area (Å²) in [5.74, 6) is -0.127. The van der Waals surface area contributed by atoms with Crippen molar-refractivity contribution in [2.24, 2.45) is 0 Å². The molecule has 6 nitrogen and oxygen atoms in total. The van der Waals surface area contributed by atoms with Crippen molar-refractivity contribution < 1.29 is 31.8 Å². The Labute approximate surface area is 151 Å². The summed E-state index contributed by atoms with van der Waals surface area (Å²) in [5, 5.41) is 5.22. The van der Waals surface area contributed by atoms with Crippen LogP contribution in [0.25, 0.3) is 0 Å². The lowest BCUT2D eigenvalue weighted by Crippen LogP contribution is -2.38. The Morgan fingerprint density at radius 2 is 2.11 bits per heavy atom. The maximum atomic E-state index is 13.3. The Morgan fingerprint density at radius 3 is 2.89 bits per heavy atom. The second-order valence-electron chi connectivity index (χ2n) is 5.78. The van der Waals surface area contributed by atoms with E-state index in [1.54, 1.807) is 0 Å². The summed E-state index contributed by atoms with van der Waals surface area (Å²) in [6.45, 7) is -1.23. The molecule has 10 heteroatoms. The average molecular weight is 385 g/mol. The molecule has 0 fully saturated rings. The van der Waals surface area contributed by atoms with Gasteiger partial charge in [-0.3, -0.25) is 0 Å². The zero-order valence-electron chi connectivity index (χ0n) is 13.8. The fourth-order valence-corrected chi connectivity index (χ4v) is 2.49. The van der Waals surface area contributed by atoms with Gasteiger partial charge in [-0.25, -0.2) is 14.2 Å². The van der Waals surface area contributed by atoms with Crippen molar-refractivity contribution in [3.05, 3.63) is 53.5 Å². The zero-order chi connectivity index (χ0) is 19.4. The first-order chi connectivity index (χ1) is 12.8. The number of fused-ring (bicyclic) bond motifs is 1. The third kappa shape index (κ3) is 5.22. The fourth-order valence-electron chi connectivity index (χ4n) is 2.49. The lowest BCUT2D eigenvalue weighted by molar-refractivity contribution is -0.154. The molecular weight excluding hydrogens is 370 g/mol. The molecule has 0 bridgehead atoms. The summed E-state index contributed by atoms with van der Waals surface area (Å²) < 4.78 is 59.8. The molecule has 1 aliphatic rings. The van der Waals surface area contributed by atoms with Gasteiger partial charge in [0, 0.05) is 24.4 Å².